The molecule has 1 atom stereocenters. The molecule has 0 spiro atoms. The second-order valence-corrected chi connectivity index (χ2v) is 5.11. The average molecular weight is 260 g/mol. The van der Waals surface area contributed by atoms with Gasteiger partial charge in [0.15, 0.2) is 0 Å². The summed E-state index contributed by atoms with van der Waals surface area (Å²) in [6.07, 6.45) is 4.33. The molecule has 0 heterocycles. The van der Waals surface area contributed by atoms with Gasteiger partial charge < -0.3 is 4.74 Å². The Kier molecular flexibility index (Phi) is 5.81. The van der Waals surface area contributed by atoms with Crippen molar-refractivity contribution in [3.8, 4) is 0 Å². The predicted molar refractivity (Wildman–Crippen MR) is 79.6 cm³/mol. The van der Waals surface area contributed by atoms with Crippen LogP contribution in [-0.2, 0) is 4.74 Å². The summed E-state index contributed by atoms with van der Waals surface area (Å²) < 4.78 is 5.61. The van der Waals surface area contributed by atoms with E-state index in [9.17, 15) is 4.79 Å². The molecule has 19 heavy (non-hydrogen) atoms. The van der Waals surface area contributed by atoms with Gasteiger partial charge in [0.25, 0.3) is 0 Å². The Labute approximate surface area is 116 Å². The maximum atomic E-state index is 12.3. The van der Waals surface area contributed by atoms with Gasteiger partial charge in [-0.1, -0.05) is 37.1 Å². The van der Waals surface area contributed by atoms with Crippen LogP contribution < -0.4 is 0 Å². The minimum absolute atomic E-state index is 0.0601. The lowest BCUT2D eigenvalue weighted by atomic mass is 10.00. The molecule has 0 radical (unpaired) electrons. The van der Waals surface area contributed by atoms with Crippen molar-refractivity contribution in [1.82, 2.24) is 0 Å². The molecule has 0 aliphatic rings. The van der Waals surface area contributed by atoms with E-state index in [-0.39, 0.29) is 12.1 Å². The summed E-state index contributed by atoms with van der Waals surface area (Å²) in [6, 6.07) is 4.04. The van der Waals surface area contributed by atoms with Crippen molar-refractivity contribution in [2.75, 3.05) is 0 Å². The number of benzene rings is 1. The minimum Gasteiger partial charge on any atom is -0.458 e. The fourth-order valence-electron chi connectivity index (χ4n) is 2.45. The number of aryl methyl sites for hydroxylation is 3. The monoisotopic (exact) mass is 260 g/mol. The predicted octanol–water partition coefficient (Wildman–Crippen LogP) is 4.51. The van der Waals surface area contributed by atoms with E-state index in [2.05, 4.69) is 13.5 Å². The number of rotatable bonds is 6. The molecule has 2 nitrogen and oxygen atoms in total. The molecule has 0 aliphatic heterocycles. The summed E-state index contributed by atoms with van der Waals surface area (Å²) in [5.41, 5.74) is 3.84. The number of esters is 1. The number of ether oxygens (including phenoxy) is 1. The topological polar surface area (TPSA) is 26.3 Å². The first-order valence-corrected chi connectivity index (χ1v) is 6.89. The van der Waals surface area contributed by atoms with Crippen LogP contribution in [0.25, 0.3) is 0 Å². The Balaban J connectivity index is 2.91. The molecule has 0 fully saturated rings. The van der Waals surface area contributed by atoms with E-state index in [1.165, 1.54) is 5.56 Å². The van der Waals surface area contributed by atoms with E-state index in [0.717, 1.165) is 24.0 Å². The molecule has 2 heteroatoms. The Hall–Kier alpha value is -1.57. The molecule has 104 valence electrons. The summed E-state index contributed by atoms with van der Waals surface area (Å²) in [5, 5.41) is 0. The van der Waals surface area contributed by atoms with E-state index < -0.39 is 0 Å². The molecule has 1 aromatic rings. The third-order valence-corrected chi connectivity index (χ3v) is 3.20. The van der Waals surface area contributed by atoms with Gasteiger partial charge in [0.2, 0.25) is 0 Å². The van der Waals surface area contributed by atoms with E-state index in [1.807, 2.05) is 39.0 Å². The lowest BCUT2D eigenvalue weighted by molar-refractivity contribution is 0.0286. The van der Waals surface area contributed by atoms with Crippen LogP contribution in [0.2, 0.25) is 0 Å². The van der Waals surface area contributed by atoms with Crippen molar-refractivity contribution in [1.29, 1.82) is 0 Å². The molecule has 0 aliphatic carbocycles. The molecule has 0 aromatic heterocycles. The zero-order valence-electron chi connectivity index (χ0n) is 12.5. The van der Waals surface area contributed by atoms with E-state index >= 15 is 0 Å². The quantitative estimate of drug-likeness (QED) is 0.555. The van der Waals surface area contributed by atoms with Gasteiger partial charge in [0.1, 0.15) is 6.10 Å². The minimum atomic E-state index is -0.213. The maximum absolute atomic E-state index is 12.3. The van der Waals surface area contributed by atoms with E-state index in [1.54, 1.807) is 0 Å². The van der Waals surface area contributed by atoms with E-state index in [0.29, 0.717) is 12.0 Å². The first kappa shape index (κ1) is 15.5. The largest absolute Gasteiger partial charge is 0.458 e. The molecular weight excluding hydrogens is 236 g/mol. The van der Waals surface area contributed by atoms with Gasteiger partial charge in [-0.25, -0.2) is 4.79 Å². The lowest BCUT2D eigenvalue weighted by Crippen LogP contribution is -2.19. The normalized spacial score (nSPS) is 12.0. The number of hydrogen-bond donors (Lipinski definition) is 0. The van der Waals surface area contributed by atoms with Crippen LogP contribution in [0.5, 0.6) is 0 Å². The van der Waals surface area contributed by atoms with Gasteiger partial charge >= 0.3 is 5.97 Å². The van der Waals surface area contributed by atoms with Crippen LogP contribution in [0.4, 0.5) is 0 Å². The Morgan fingerprint density at radius 1 is 1.32 bits per heavy atom. The highest BCUT2D eigenvalue weighted by Crippen LogP contribution is 2.19. The third kappa shape index (κ3) is 4.23. The van der Waals surface area contributed by atoms with Crippen molar-refractivity contribution >= 4 is 5.97 Å². The summed E-state index contributed by atoms with van der Waals surface area (Å²) in [7, 11) is 0. The summed E-state index contributed by atoms with van der Waals surface area (Å²) in [6.45, 7) is 11.8. The van der Waals surface area contributed by atoms with Gasteiger partial charge in [-0.2, -0.15) is 0 Å². The zero-order valence-corrected chi connectivity index (χ0v) is 12.5. The van der Waals surface area contributed by atoms with Gasteiger partial charge in [-0.05, 0) is 38.3 Å². The van der Waals surface area contributed by atoms with Crippen molar-refractivity contribution in [2.45, 2.75) is 53.1 Å². The Bertz CT molecular complexity index is 437. The molecular formula is C17H24O2. The number of carbonyl (C=O) groups is 1. The van der Waals surface area contributed by atoms with Crippen molar-refractivity contribution in [2.24, 2.45) is 0 Å². The second kappa shape index (κ2) is 7.13. The fraction of sp³-hybridized carbons (Fsp3) is 0.471. The van der Waals surface area contributed by atoms with Crippen LogP contribution in [0.3, 0.4) is 0 Å². The van der Waals surface area contributed by atoms with Crippen molar-refractivity contribution in [3.05, 3.63) is 47.0 Å². The standard InChI is InChI=1S/C17H24O2/c1-6-8-15(9-7-2)19-17(18)16-13(4)10-12(3)11-14(16)5/h6,10-11,15H,1,7-9H2,2-5H3/t15-/m0/s1. The average Bonchev–Trinajstić information content (AvgIpc) is 2.27. The highest BCUT2D eigenvalue weighted by atomic mass is 16.5. The SMILES string of the molecule is C=CC[C@@H](CCC)OC(=O)c1c(C)cc(C)cc1C. The molecule has 0 unspecified atom stereocenters. The van der Waals surface area contributed by atoms with Crippen LogP contribution in [0, 0.1) is 20.8 Å². The van der Waals surface area contributed by atoms with Crippen LogP contribution >= 0.6 is 0 Å². The molecule has 1 aromatic carbocycles. The zero-order chi connectivity index (χ0) is 14.4. The van der Waals surface area contributed by atoms with Crippen LogP contribution in [0.1, 0.15) is 53.2 Å². The first-order chi connectivity index (χ1) is 8.99. The Morgan fingerprint density at radius 2 is 1.89 bits per heavy atom. The first-order valence-electron chi connectivity index (χ1n) is 6.89. The molecule has 1 rings (SSSR count). The summed E-state index contributed by atoms with van der Waals surface area (Å²) in [4.78, 5) is 12.3. The molecule has 0 bridgehead atoms. The second-order valence-electron chi connectivity index (χ2n) is 5.11. The van der Waals surface area contributed by atoms with Gasteiger partial charge in [0.05, 0.1) is 5.56 Å². The van der Waals surface area contributed by atoms with Crippen molar-refractivity contribution < 1.29 is 9.53 Å². The molecule has 0 amide bonds. The summed E-state index contributed by atoms with van der Waals surface area (Å²) >= 11 is 0. The lowest BCUT2D eigenvalue weighted by Gasteiger charge is -2.17. The number of carbonyl (C=O) groups excluding carboxylic acids is 1. The number of hydrogen-bond acceptors (Lipinski definition) is 2. The van der Waals surface area contributed by atoms with Gasteiger partial charge in [0, 0.05) is 6.42 Å². The highest BCUT2D eigenvalue weighted by molar-refractivity contribution is 5.92. The van der Waals surface area contributed by atoms with Crippen molar-refractivity contribution in [3.63, 3.8) is 0 Å². The van der Waals surface area contributed by atoms with Gasteiger partial charge in [-0.15, -0.1) is 6.58 Å². The third-order valence-electron chi connectivity index (χ3n) is 3.20. The van der Waals surface area contributed by atoms with Crippen LogP contribution in [0.15, 0.2) is 24.8 Å². The van der Waals surface area contributed by atoms with Crippen LogP contribution in [-0.4, -0.2) is 12.1 Å². The maximum Gasteiger partial charge on any atom is 0.338 e. The molecule has 0 saturated carbocycles. The Morgan fingerprint density at radius 3 is 2.37 bits per heavy atom. The summed E-state index contributed by atoms with van der Waals surface area (Å²) in [5.74, 6) is -0.213. The smallest absolute Gasteiger partial charge is 0.338 e. The molecule has 0 N–H and O–H groups in total. The molecule has 0 saturated heterocycles. The fourth-order valence-corrected chi connectivity index (χ4v) is 2.45. The van der Waals surface area contributed by atoms with Gasteiger partial charge in [-0.3, -0.25) is 0 Å². The van der Waals surface area contributed by atoms with E-state index in [4.69, 9.17) is 4.74 Å². The highest BCUT2D eigenvalue weighted by Gasteiger charge is 2.18.